The quantitative estimate of drug-likeness (QED) is 0.252. The van der Waals surface area contributed by atoms with Gasteiger partial charge in [0.25, 0.3) is 5.91 Å². The lowest BCUT2D eigenvalue weighted by Crippen LogP contribution is -2.37. The SMILES string of the molecule is C[Si](C)(C)c1ccc2c(c1)cc(C(=O)Nc1cnc3sc(CO)nc3c1)n2Cc1cccc(C(F)(F)F)c1. The Morgan fingerprint density at radius 1 is 1.11 bits per heavy atom. The van der Waals surface area contributed by atoms with Crippen LogP contribution in [0.2, 0.25) is 19.6 Å². The maximum Gasteiger partial charge on any atom is 0.416 e. The number of fused-ring (bicyclic) bond motifs is 2. The highest BCUT2D eigenvalue weighted by atomic mass is 32.1. The normalized spacial score (nSPS) is 12.4. The largest absolute Gasteiger partial charge is 0.416 e. The number of aliphatic hydroxyl groups is 1. The summed E-state index contributed by atoms with van der Waals surface area (Å²) in [4.78, 5) is 22.8. The number of carbonyl (C=O) groups excluding carboxylic acids is 1. The van der Waals surface area contributed by atoms with Crippen LogP contribution in [0.15, 0.2) is 60.8 Å². The van der Waals surface area contributed by atoms with Gasteiger partial charge in [0.1, 0.15) is 21.0 Å². The zero-order chi connectivity index (χ0) is 27.2. The molecular weight excluding hydrogens is 529 g/mol. The fourth-order valence-corrected chi connectivity index (χ4v) is 6.24. The standard InChI is InChI=1S/C27H25F3N4O2SSi/c1-38(2,3)20-7-8-22-17(10-20)11-23(34(22)14-16-5-4-6-18(9-16)27(28,29)30)25(36)32-19-12-21-26(31-13-19)37-24(15-35)33-21/h4-13,35H,14-15H2,1-3H3,(H,32,36). The number of aliphatic hydroxyl groups excluding tert-OH is 1. The van der Waals surface area contributed by atoms with Crippen molar-refractivity contribution >= 4 is 57.4 Å². The molecule has 0 saturated carbocycles. The molecule has 2 N–H and O–H groups in total. The summed E-state index contributed by atoms with van der Waals surface area (Å²) in [6, 6.07) is 14.7. The van der Waals surface area contributed by atoms with E-state index in [0.717, 1.165) is 23.0 Å². The lowest BCUT2D eigenvalue weighted by Gasteiger charge is -2.17. The third-order valence-corrected chi connectivity index (χ3v) is 9.29. The Labute approximate surface area is 221 Å². The number of nitrogens with one attached hydrogen (secondary N) is 1. The summed E-state index contributed by atoms with van der Waals surface area (Å²) in [5.41, 5.74) is 1.76. The van der Waals surface area contributed by atoms with E-state index in [1.54, 1.807) is 22.8 Å². The van der Waals surface area contributed by atoms with E-state index in [-0.39, 0.29) is 13.2 Å². The average molecular weight is 555 g/mol. The van der Waals surface area contributed by atoms with Gasteiger partial charge in [0, 0.05) is 17.4 Å². The summed E-state index contributed by atoms with van der Waals surface area (Å²) in [6.45, 7) is 6.57. The number of thiazole rings is 1. The molecule has 0 fully saturated rings. The molecular formula is C27H25F3N4O2SSi. The van der Waals surface area contributed by atoms with Gasteiger partial charge < -0.3 is 15.0 Å². The van der Waals surface area contributed by atoms with Crippen molar-refractivity contribution in [3.8, 4) is 0 Å². The van der Waals surface area contributed by atoms with E-state index >= 15 is 0 Å². The third-order valence-electron chi connectivity index (χ3n) is 6.28. The summed E-state index contributed by atoms with van der Waals surface area (Å²) in [5, 5.41) is 14.8. The number of nitrogens with zero attached hydrogens (tertiary/aromatic N) is 3. The molecule has 0 unspecified atom stereocenters. The number of anilines is 1. The van der Waals surface area contributed by atoms with E-state index in [2.05, 4.69) is 41.0 Å². The van der Waals surface area contributed by atoms with Gasteiger partial charge in [-0.15, -0.1) is 0 Å². The van der Waals surface area contributed by atoms with Crippen LogP contribution < -0.4 is 10.5 Å². The van der Waals surface area contributed by atoms with Crippen molar-refractivity contribution in [2.24, 2.45) is 0 Å². The van der Waals surface area contributed by atoms with E-state index in [1.807, 2.05) is 12.1 Å². The summed E-state index contributed by atoms with van der Waals surface area (Å²) < 4.78 is 41.8. The molecule has 1 amide bonds. The van der Waals surface area contributed by atoms with E-state index in [4.69, 9.17) is 0 Å². The average Bonchev–Trinajstić information content (AvgIpc) is 3.44. The molecule has 0 radical (unpaired) electrons. The fourth-order valence-electron chi connectivity index (χ4n) is 4.32. The molecule has 3 heterocycles. The number of amides is 1. The number of pyridine rings is 1. The van der Waals surface area contributed by atoms with Crippen molar-refractivity contribution in [1.82, 2.24) is 14.5 Å². The van der Waals surface area contributed by atoms with Gasteiger partial charge in [-0.1, -0.05) is 60.4 Å². The summed E-state index contributed by atoms with van der Waals surface area (Å²) in [5.74, 6) is -0.415. The molecule has 0 bridgehead atoms. The molecule has 196 valence electrons. The lowest BCUT2D eigenvalue weighted by atomic mass is 10.1. The minimum absolute atomic E-state index is 0.0890. The maximum absolute atomic E-state index is 13.5. The Morgan fingerprint density at radius 2 is 1.89 bits per heavy atom. The van der Waals surface area contributed by atoms with Crippen molar-refractivity contribution in [3.05, 3.63) is 82.6 Å². The Morgan fingerprint density at radius 3 is 2.61 bits per heavy atom. The number of hydrogen-bond acceptors (Lipinski definition) is 5. The van der Waals surface area contributed by atoms with Crippen molar-refractivity contribution in [3.63, 3.8) is 0 Å². The van der Waals surface area contributed by atoms with Gasteiger partial charge >= 0.3 is 6.18 Å². The molecule has 3 aromatic heterocycles. The molecule has 5 rings (SSSR count). The molecule has 11 heteroatoms. The van der Waals surface area contributed by atoms with Crippen LogP contribution in [0.25, 0.3) is 21.3 Å². The van der Waals surface area contributed by atoms with Gasteiger partial charge in [-0.25, -0.2) is 9.97 Å². The van der Waals surface area contributed by atoms with Crippen LogP contribution in [0, 0.1) is 0 Å². The Bertz CT molecular complexity index is 1670. The predicted molar refractivity (Wildman–Crippen MR) is 147 cm³/mol. The first-order chi connectivity index (χ1) is 17.9. The van der Waals surface area contributed by atoms with Crippen LogP contribution in [0.4, 0.5) is 18.9 Å². The first-order valence-electron chi connectivity index (χ1n) is 11.9. The Balaban J connectivity index is 1.56. The van der Waals surface area contributed by atoms with Crippen LogP contribution in [0.5, 0.6) is 0 Å². The zero-order valence-electron chi connectivity index (χ0n) is 20.9. The number of carbonyl (C=O) groups is 1. The minimum Gasteiger partial charge on any atom is -0.389 e. The van der Waals surface area contributed by atoms with Gasteiger partial charge in [-0.2, -0.15) is 13.2 Å². The van der Waals surface area contributed by atoms with Crippen molar-refractivity contribution in [2.45, 2.75) is 39.0 Å². The van der Waals surface area contributed by atoms with Crippen molar-refractivity contribution < 1.29 is 23.1 Å². The Kier molecular flexibility index (Phi) is 6.62. The topological polar surface area (TPSA) is 80.0 Å². The third kappa shape index (κ3) is 5.22. The van der Waals surface area contributed by atoms with Crippen molar-refractivity contribution in [1.29, 1.82) is 0 Å². The minimum atomic E-state index is -4.46. The molecule has 6 nitrogen and oxygen atoms in total. The molecule has 0 aliphatic carbocycles. The van der Waals surface area contributed by atoms with Gasteiger partial charge in [-0.3, -0.25) is 4.79 Å². The smallest absolute Gasteiger partial charge is 0.389 e. The number of alkyl halides is 3. The highest BCUT2D eigenvalue weighted by molar-refractivity contribution is 7.18. The second-order valence-electron chi connectivity index (χ2n) is 10.1. The van der Waals surface area contributed by atoms with Crippen LogP contribution in [-0.2, 0) is 19.3 Å². The summed E-state index contributed by atoms with van der Waals surface area (Å²) >= 11 is 1.27. The van der Waals surface area contributed by atoms with Crippen LogP contribution in [0.3, 0.4) is 0 Å². The van der Waals surface area contributed by atoms with Gasteiger partial charge in [0.15, 0.2) is 0 Å². The maximum atomic E-state index is 13.5. The first kappa shape index (κ1) is 26.1. The van der Waals surface area contributed by atoms with E-state index in [1.165, 1.54) is 28.8 Å². The number of hydrogen-bond donors (Lipinski definition) is 2. The Hall–Kier alpha value is -3.54. The van der Waals surface area contributed by atoms with Gasteiger partial charge in [0.2, 0.25) is 0 Å². The highest BCUT2D eigenvalue weighted by Crippen LogP contribution is 2.31. The summed E-state index contributed by atoms with van der Waals surface area (Å²) in [6.07, 6.45) is -2.94. The molecule has 5 aromatic rings. The first-order valence-corrected chi connectivity index (χ1v) is 16.2. The fraction of sp³-hybridized carbons (Fsp3) is 0.222. The second kappa shape index (κ2) is 9.64. The lowest BCUT2D eigenvalue weighted by molar-refractivity contribution is -0.137. The van der Waals surface area contributed by atoms with Crippen LogP contribution >= 0.6 is 11.3 Å². The molecule has 38 heavy (non-hydrogen) atoms. The van der Waals surface area contributed by atoms with Crippen LogP contribution in [-0.4, -0.2) is 33.6 Å². The molecule has 2 aromatic carbocycles. The number of benzene rings is 2. The number of aromatic nitrogens is 3. The molecule has 0 atom stereocenters. The number of halogens is 3. The number of rotatable bonds is 6. The highest BCUT2D eigenvalue weighted by Gasteiger charge is 2.30. The molecule has 0 saturated heterocycles. The second-order valence-corrected chi connectivity index (χ2v) is 16.2. The van der Waals surface area contributed by atoms with Gasteiger partial charge in [-0.05, 0) is 35.9 Å². The molecule has 0 aliphatic heterocycles. The molecule has 0 aliphatic rings. The van der Waals surface area contributed by atoms with E-state index in [0.29, 0.717) is 32.3 Å². The van der Waals surface area contributed by atoms with Crippen LogP contribution in [0.1, 0.15) is 26.6 Å². The van der Waals surface area contributed by atoms with E-state index in [9.17, 15) is 23.1 Å². The summed E-state index contributed by atoms with van der Waals surface area (Å²) in [7, 11) is -1.64. The van der Waals surface area contributed by atoms with E-state index < -0.39 is 25.7 Å². The zero-order valence-corrected chi connectivity index (χ0v) is 22.7. The monoisotopic (exact) mass is 554 g/mol. The molecule has 0 spiro atoms. The predicted octanol–water partition coefficient (Wildman–Crippen LogP) is 6.00. The van der Waals surface area contributed by atoms with Gasteiger partial charge in [0.05, 0.1) is 32.1 Å². The van der Waals surface area contributed by atoms with Crippen molar-refractivity contribution in [2.75, 3.05) is 5.32 Å².